The number of rotatable bonds is 7. The molecule has 0 saturated carbocycles. The number of hydrogen-bond acceptors (Lipinski definition) is 7. The van der Waals surface area contributed by atoms with Crippen LogP contribution in [-0.4, -0.2) is 62.4 Å². The van der Waals surface area contributed by atoms with E-state index in [2.05, 4.69) is 45.3 Å². The lowest BCUT2D eigenvalue weighted by Crippen LogP contribution is -2.34. The van der Waals surface area contributed by atoms with E-state index in [9.17, 15) is 4.79 Å². The second-order valence-corrected chi connectivity index (χ2v) is 9.57. The standard InChI is InChI=1S/C27H35N5O3/c1-31-11-5-4-6-24(31)22-15-21(35-3)16-23-25(22)26(33)30-27(29-23)32-12-9-18-14-20(28-10-13-34-2)8-7-19(18)17-32/h7-8,14-16,24,28H,4-6,9-13,17H2,1-3H3,(H,29,30,33). The van der Waals surface area contributed by atoms with Gasteiger partial charge < -0.3 is 19.7 Å². The molecule has 1 saturated heterocycles. The maximum atomic E-state index is 13.4. The molecule has 3 heterocycles. The summed E-state index contributed by atoms with van der Waals surface area (Å²) in [6.07, 6.45) is 4.28. The van der Waals surface area contributed by atoms with Gasteiger partial charge >= 0.3 is 0 Å². The fourth-order valence-electron chi connectivity index (χ4n) is 5.40. The summed E-state index contributed by atoms with van der Waals surface area (Å²) < 4.78 is 10.7. The van der Waals surface area contributed by atoms with Crippen LogP contribution in [0, 0.1) is 0 Å². The quantitative estimate of drug-likeness (QED) is 0.502. The van der Waals surface area contributed by atoms with E-state index in [1.165, 1.54) is 17.5 Å². The Hall–Kier alpha value is -3.10. The molecule has 1 atom stereocenters. The first-order chi connectivity index (χ1) is 17.1. The van der Waals surface area contributed by atoms with Crippen LogP contribution in [0.25, 0.3) is 10.9 Å². The van der Waals surface area contributed by atoms with Crippen molar-refractivity contribution >= 4 is 22.5 Å². The van der Waals surface area contributed by atoms with Crippen molar-refractivity contribution in [1.82, 2.24) is 14.9 Å². The number of nitrogens with one attached hydrogen (secondary N) is 2. The van der Waals surface area contributed by atoms with E-state index in [0.717, 1.165) is 55.9 Å². The zero-order chi connectivity index (χ0) is 24.4. The van der Waals surface area contributed by atoms with Gasteiger partial charge in [0.15, 0.2) is 0 Å². The number of hydrogen-bond donors (Lipinski definition) is 2. The number of piperidine rings is 1. The topological polar surface area (TPSA) is 82.7 Å². The van der Waals surface area contributed by atoms with Gasteiger partial charge in [0.05, 0.1) is 24.6 Å². The first-order valence-corrected chi connectivity index (χ1v) is 12.5. The molecule has 2 N–H and O–H groups in total. The van der Waals surface area contributed by atoms with Crippen molar-refractivity contribution in [3.8, 4) is 5.75 Å². The van der Waals surface area contributed by atoms with Gasteiger partial charge in [-0.3, -0.25) is 14.7 Å². The van der Waals surface area contributed by atoms with Crippen LogP contribution >= 0.6 is 0 Å². The Balaban J connectivity index is 1.45. The molecule has 0 spiro atoms. The van der Waals surface area contributed by atoms with Gasteiger partial charge in [-0.25, -0.2) is 4.98 Å². The molecule has 3 aromatic rings. The van der Waals surface area contributed by atoms with E-state index in [4.69, 9.17) is 14.5 Å². The monoisotopic (exact) mass is 477 g/mol. The number of aromatic amines is 1. The van der Waals surface area contributed by atoms with Gasteiger partial charge in [-0.2, -0.15) is 0 Å². The smallest absolute Gasteiger partial charge is 0.260 e. The Kier molecular flexibility index (Phi) is 6.92. The van der Waals surface area contributed by atoms with Gasteiger partial charge in [0.25, 0.3) is 5.56 Å². The summed E-state index contributed by atoms with van der Waals surface area (Å²) in [6.45, 7) is 4.00. The van der Waals surface area contributed by atoms with Crippen molar-refractivity contribution in [1.29, 1.82) is 0 Å². The first-order valence-electron chi connectivity index (χ1n) is 12.5. The first kappa shape index (κ1) is 23.6. The van der Waals surface area contributed by atoms with E-state index in [1.807, 2.05) is 12.1 Å². The molecule has 2 aromatic carbocycles. The molecular weight excluding hydrogens is 442 g/mol. The Morgan fingerprint density at radius 1 is 1.14 bits per heavy atom. The number of nitrogens with zero attached hydrogens (tertiary/aromatic N) is 3. The third-order valence-corrected chi connectivity index (χ3v) is 7.32. The summed E-state index contributed by atoms with van der Waals surface area (Å²) >= 11 is 0. The lowest BCUT2D eigenvalue weighted by Gasteiger charge is -2.33. The third-order valence-electron chi connectivity index (χ3n) is 7.32. The van der Waals surface area contributed by atoms with E-state index in [-0.39, 0.29) is 11.6 Å². The molecule has 1 aromatic heterocycles. The molecule has 1 unspecified atom stereocenters. The number of ether oxygens (including phenoxy) is 2. The molecule has 8 heteroatoms. The lowest BCUT2D eigenvalue weighted by molar-refractivity contribution is 0.188. The van der Waals surface area contributed by atoms with Gasteiger partial charge in [0, 0.05) is 44.5 Å². The van der Waals surface area contributed by atoms with Crippen molar-refractivity contribution in [2.45, 2.75) is 38.3 Å². The van der Waals surface area contributed by atoms with Crippen LogP contribution < -0.4 is 20.5 Å². The zero-order valence-corrected chi connectivity index (χ0v) is 20.9. The van der Waals surface area contributed by atoms with E-state index >= 15 is 0 Å². The van der Waals surface area contributed by atoms with Gasteiger partial charge in [0.1, 0.15) is 5.75 Å². The fraction of sp³-hybridized carbons (Fsp3) is 0.481. The zero-order valence-electron chi connectivity index (χ0n) is 20.9. The predicted molar refractivity (Wildman–Crippen MR) is 140 cm³/mol. The van der Waals surface area contributed by atoms with Crippen molar-refractivity contribution in [3.63, 3.8) is 0 Å². The molecule has 2 aliphatic heterocycles. The third kappa shape index (κ3) is 4.86. The van der Waals surface area contributed by atoms with E-state index < -0.39 is 0 Å². The Bertz CT molecular complexity index is 1260. The fourth-order valence-corrected chi connectivity index (χ4v) is 5.40. The minimum absolute atomic E-state index is 0.0786. The highest BCUT2D eigenvalue weighted by molar-refractivity contribution is 5.84. The average Bonchev–Trinajstić information content (AvgIpc) is 2.88. The molecule has 35 heavy (non-hydrogen) atoms. The molecule has 8 nitrogen and oxygen atoms in total. The van der Waals surface area contributed by atoms with Gasteiger partial charge in [-0.1, -0.05) is 12.5 Å². The molecule has 2 aliphatic rings. The highest BCUT2D eigenvalue weighted by Crippen LogP contribution is 2.35. The van der Waals surface area contributed by atoms with Crippen molar-refractivity contribution in [2.75, 3.05) is 57.7 Å². The summed E-state index contributed by atoms with van der Waals surface area (Å²) in [5, 5.41) is 4.08. The van der Waals surface area contributed by atoms with Crippen LogP contribution in [0.15, 0.2) is 35.1 Å². The summed E-state index contributed by atoms with van der Waals surface area (Å²) in [5.74, 6) is 1.36. The summed E-state index contributed by atoms with van der Waals surface area (Å²) in [7, 11) is 5.51. The molecule has 186 valence electrons. The van der Waals surface area contributed by atoms with Crippen LogP contribution in [0.1, 0.15) is 42.0 Å². The predicted octanol–water partition coefficient (Wildman–Crippen LogP) is 3.71. The van der Waals surface area contributed by atoms with Crippen LogP contribution in [0.3, 0.4) is 0 Å². The molecule has 5 rings (SSSR count). The van der Waals surface area contributed by atoms with Crippen molar-refractivity contribution in [3.05, 3.63) is 57.4 Å². The maximum absolute atomic E-state index is 13.4. The van der Waals surface area contributed by atoms with Gasteiger partial charge in [-0.05, 0) is 67.7 Å². The molecule has 0 amide bonds. The number of anilines is 2. The molecule has 0 aliphatic carbocycles. The van der Waals surface area contributed by atoms with Crippen LogP contribution in [0.4, 0.5) is 11.6 Å². The second-order valence-electron chi connectivity index (χ2n) is 9.57. The molecule has 0 bridgehead atoms. The van der Waals surface area contributed by atoms with Gasteiger partial charge in [0.2, 0.25) is 5.95 Å². The Morgan fingerprint density at radius 3 is 2.83 bits per heavy atom. The summed E-state index contributed by atoms with van der Waals surface area (Å²) in [6, 6.07) is 10.6. The number of benzene rings is 2. The Morgan fingerprint density at radius 2 is 2.03 bits per heavy atom. The second kappa shape index (κ2) is 10.3. The number of likely N-dealkylation sites (tertiary alicyclic amines) is 1. The number of aromatic nitrogens is 2. The minimum atomic E-state index is -0.0786. The average molecular weight is 478 g/mol. The molecular formula is C27H35N5O3. The number of H-pyrrole nitrogens is 1. The van der Waals surface area contributed by atoms with E-state index in [1.54, 1.807) is 14.2 Å². The highest BCUT2D eigenvalue weighted by atomic mass is 16.5. The number of methoxy groups -OCH3 is 2. The Labute approximate surface area is 206 Å². The summed E-state index contributed by atoms with van der Waals surface area (Å²) in [4.78, 5) is 26.0. The number of fused-ring (bicyclic) bond motifs is 2. The van der Waals surface area contributed by atoms with Crippen LogP contribution in [0.2, 0.25) is 0 Å². The van der Waals surface area contributed by atoms with E-state index in [0.29, 0.717) is 30.0 Å². The summed E-state index contributed by atoms with van der Waals surface area (Å²) in [5.41, 5.74) is 5.33. The molecule has 0 radical (unpaired) electrons. The van der Waals surface area contributed by atoms with Gasteiger partial charge in [-0.15, -0.1) is 0 Å². The minimum Gasteiger partial charge on any atom is -0.497 e. The SMILES string of the molecule is COCCNc1ccc2c(c1)CCN(c1nc3cc(OC)cc(C4CCCCN4C)c3c(=O)[nH]1)C2. The highest BCUT2D eigenvalue weighted by Gasteiger charge is 2.26. The lowest BCUT2D eigenvalue weighted by atomic mass is 9.93. The van der Waals surface area contributed by atoms with Crippen molar-refractivity contribution < 1.29 is 9.47 Å². The molecule has 1 fully saturated rings. The van der Waals surface area contributed by atoms with Crippen molar-refractivity contribution in [2.24, 2.45) is 0 Å². The normalized spacial score (nSPS) is 18.5. The largest absolute Gasteiger partial charge is 0.497 e. The van der Waals surface area contributed by atoms with Crippen LogP contribution in [-0.2, 0) is 17.7 Å². The van der Waals surface area contributed by atoms with Crippen LogP contribution in [0.5, 0.6) is 5.75 Å². The maximum Gasteiger partial charge on any atom is 0.260 e.